The lowest BCUT2D eigenvalue weighted by atomic mass is 10.0. The Morgan fingerprint density at radius 1 is 1.18 bits per heavy atom. The molecule has 1 fully saturated rings. The zero-order valence-electron chi connectivity index (χ0n) is 21.1. The summed E-state index contributed by atoms with van der Waals surface area (Å²) in [5, 5.41) is 13.3. The van der Waals surface area contributed by atoms with Gasteiger partial charge in [-0.15, -0.1) is 11.3 Å². The number of halogens is 1. The van der Waals surface area contributed by atoms with E-state index >= 15 is 0 Å². The number of nitrogens with zero attached hydrogens (tertiary/aromatic N) is 3. The first-order valence-electron chi connectivity index (χ1n) is 12.6. The van der Waals surface area contributed by atoms with Crippen LogP contribution in [0.3, 0.4) is 0 Å². The summed E-state index contributed by atoms with van der Waals surface area (Å²) in [6.07, 6.45) is -0.638. The van der Waals surface area contributed by atoms with E-state index < -0.39 is 18.2 Å². The number of β-amino-alcohol motifs (C(OH)–C–C–N with tert-alkyl or cyclic N) is 1. The van der Waals surface area contributed by atoms with E-state index in [0.29, 0.717) is 18.7 Å². The third-order valence-electron chi connectivity index (χ3n) is 7.14. The summed E-state index contributed by atoms with van der Waals surface area (Å²) >= 11 is 4.99. The van der Waals surface area contributed by atoms with E-state index in [1.807, 2.05) is 56.3 Å². The van der Waals surface area contributed by atoms with Crippen molar-refractivity contribution in [1.82, 2.24) is 20.1 Å². The van der Waals surface area contributed by atoms with E-state index in [-0.39, 0.29) is 36.6 Å². The van der Waals surface area contributed by atoms with Crippen molar-refractivity contribution in [3.63, 3.8) is 0 Å². The van der Waals surface area contributed by atoms with Crippen LogP contribution in [-0.4, -0.2) is 62.3 Å². The second-order valence-corrected chi connectivity index (χ2v) is 11.7. The molecule has 2 aliphatic heterocycles. The van der Waals surface area contributed by atoms with Crippen LogP contribution >= 0.6 is 27.3 Å². The molecule has 0 saturated carbocycles. The number of fused-ring (bicyclic) bond motifs is 1. The lowest BCUT2D eigenvalue weighted by molar-refractivity contribution is -0.143. The minimum absolute atomic E-state index is 0.0630. The topological polar surface area (TPSA) is 103 Å². The second-order valence-electron chi connectivity index (χ2n) is 10.1. The standard InChI is InChI=1S/C28H29BrN4O4S/c1-16(2)23(33-13-19-5-3-4-6-21(19)27(33)36)28(37)32-14-20(34)11-22(32)26(35)30-12-17-7-9-18(10-8-17)24-25(29)31-15-38-24/h3-10,15-16,20,22-23,34H,11-14H2,1-2H3,(H,30,35)/t20-,22+,23+/m1/s1. The van der Waals surface area contributed by atoms with E-state index in [4.69, 9.17) is 0 Å². The fourth-order valence-electron chi connectivity index (χ4n) is 5.26. The van der Waals surface area contributed by atoms with Gasteiger partial charge in [0.2, 0.25) is 11.8 Å². The Hall–Kier alpha value is -3.08. The number of aliphatic hydroxyl groups excluding tert-OH is 1. The van der Waals surface area contributed by atoms with Gasteiger partial charge in [0.05, 0.1) is 16.5 Å². The van der Waals surface area contributed by atoms with Crippen LogP contribution < -0.4 is 5.32 Å². The van der Waals surface area contributed by atoms with Gasteiger partial charge in [0.15, 0.2) is 0 Å². The summed E-state index contributed by atoms with van der Waals surface area (Å²) in [5.41, 5.74) is 5.22. The number of rotatable bonds is 7. The molecule has 3 amide bonds. The molecule has 3 heterocycles. The highest BCUT2D eigenvalue weighted by Crippen LogP contribution is 2.32. The summed E-state index contributed by atoms with van der Waals surface area (Å²) in [6, 6.07) is 13.7. The number of aromatic nitrogens is 1. The fourth-order valence-corrected chi connectivity index (χ4v) is 6.69. The zero-order chi connectivity index (χ0) is 27.0. The van der Waals surface area contributed by atoms with Crippen molar-refractivity contribution >= 4 is 45.0 Å². The van der Waals surface area contributed by atoms with E-state index in [0.717, 1.165) is 26.2 Å². The lowest BCUT2D eigenvalue weighted by Crippen LogP contribution is -2.55. The van der Waals surface area contributed by atoms with Gasteiger partial charge in [-0.3, -0.25) is 14.4 Å². The predicted molar refractivity (Wildman–Crippen MR) is 148 cm³/mol. The minimum Gasteiger partial charge on any atom is -0.391 e. The predicted octanol–water partition coefficient (Wildman–Crippen LogP) is 3.83. The molecule has 2 N–H and O–H groups in total. The first-order valence-corrected chi connectivity index (χ1v) is 14.2. The Balaban J connectivity index is 1.27. The number of benzene rings is 2. The highest BCUT2D eigenvalue weighted by atomic mass is 79.9. The number of amides is 3. The van der Waals surface area contributed by atoms with Crippen molar-refractivity contribution in [1.29, 1.82) is 0 Å². The maximum atomic E-state index is 13.8. The fraction of sp³-hybridized carbons (Fsp3) is 0.357. The first kappa shape index (κ1) is 26.5. The van der Waals surface area contributed by atoms with Crippen molar-refractivity contribution in [2.45, 2.75) is 51.5 Å². The Bertz CT molecular complexity index is 1360. The molecule has 198 valence electrons. The molecular formula is C28H29BrN4O4S. The third-order valence-corrected chi connectivity index (χ3v) is 8.88. The van der Waals surface area contributed by atoms with Crippen LogP contribution in [0.2, 0.25) is 0 Å². The van der Waals surface area contributed by atoms with E-state index in [2.05, 4.69) is 26.2 Å². The van der Waals surface area contributed by atoms with Crippen molar-refractivity contribution in [3.05, 3.63) is 75.3 Å². The SMILES string of the molecule is CC(C)[C@@H](C(=O)N1C[C@H](O)C[C@H]1C(=O)NCc1ccc(-c2scnc2Br)cc1)N1Cc2ccccc2C1=O. The monoisotopic (exact) mass is 596 g/mol. The average molecular weight is 598 g/mol. The van der Waals surface area contributed by atoms with E-state index in [1.54, 1.807) is 27.8 Å². The summed E-state index contributed by atoms with van der Waals surface area (Å²) in [5.74, 6) is -0.971. The Kier molecular flexibility index (Phi) is 7.65. The highest BCUT2D eigenvalue weighted by molar-refractivity contribution is 9.10. The van der Waals surface area contributed by atoms with Crippen LogP contribution in [0.1, 0.15) is 41.8 Å². The number of likely N-dealkylation sites (tertiary alicyclic amines) is 1. The molecule has 1 aromatic heterocycles. The summed E-state index contributed by atoms with van der Waals surface area (Å²) in [7, 11) is 0. The van der Waals surface area contributed by atoms with Crippen LogP contribution in [0.4, 0.5) is 0 Å². The van der Waals surface area contributed by atoms with Crippen LogP contribution in [0, 0.1) is 5.92 Å². The number of thiazole rings is 1. The van der Waals surface area contributed by atoms with Crippen molar-refractivity contribution < 1.29 is 19.5 Å². The van der Waals surface area contributed by atoms with Crippen molar-refractivity contribution in [2.75, 3.05) is 6.54 Å². The summed E-state index contributed by atoms with van der Waals surface area (Å²) in [6.45, 7) is 4.51. The van der Waals surface area contributed by atoms with Gasteiger partial charge in [0.25, 0.3) is 5.91 Å². The molecule has 8 nitrogen and oxygen atoms in total. The molecule has 2 aliphatic rings. The van der Waals surface area contributed by atoms with Gasteiger partial charge in [-0.05, 0) is 44.6 Å². The van der Waals surface area contributed by atoms with Crippen LogP contribution in [-0.2, 0) is 22.7 Å². The molecule has 0 bridgehead atoms. The maximum absolute atomic E-state index is 13.8. The van der Waals surface area contributed by atoms with Gasteiger partial charge in [-0.25, -0.2) is 4.98 Å². The van der Waals surface area contributed by atoms with Gasteiger partial charge in [-0.1, -0.05) is 56.3 Å². The lowest BCUT2D eigenvalue weighted by Gasteiger charge is -2.35. The number of carbonyl (C=O) groups is 3. The minimum atomic E-state index is -0.800. The molecule has 0 unspecified atom stereocenters. The van der Waals surface area contributed by atoms with Crippen LogP contribution in [0.5, 0.6) is 0 Å². The normalized spacial score (nSPS) is 19.7. The van der Waals surface area contributed by atoms with Gasteiger partial charge < -0.3 is 20.2 Å². The molecule has 10 heteroatoms. The van der Waals surface area contributed by atoms with Crippen LogP contribution in [0.15, 0.2) is 58.6 Å². The number of carbonyl (C=O) groups excluding carboxylic acids is 3. The molecule has 5 rings (SSSR count). The van der Waals surface area contributed by atoms with Crippen molar-refractivity contribution in [3.8, 4) is 10.4 Å². The van der Waals surface area contributed by atoms with Crippen LogP contribution in [0.25, 0.3) is 10.4 Å². The van der Waals surface area contributed by atoms with Gasteiger partial charge in [0.1, 0.15) is 16.7 Å². The maximum Gasteiger partial charge on any atom is 0.255 e. The van der Waals surface area contributed by atoms with E-state index in [1.165, 1.54) is 4.90 Å². The largest absolute Gasteiger partial charge is 0.391 e. The van der Waals surface area contributed by atoms with E-state index in [9.17, 15) is 19.5 Å². The molecular weight excluding hydrogens is 568 g/mol. The smallest absolute Gasteiger partial charge is 0.255 e. The third kappa shape index (κ3) is 5.12. The molecule has 1 saturated heterocycles. The molecule has 3 aromatic rings. The van der Waals surface area contributed by atoms with Gasteiger partial charge in [0, 0.05) is 31.6 Å². The first-order chi connectivity index (χ1) is 18.2. The molecule has 3 atom stereocenters. The average Bonchev–Trinajstić information content (AvgIpc) is 3.60. The number of hydrogen-bond acceptors (Lipinski definition) is 6. The Morgan fingerprint density at radius 2 is 1.92 bits per heavy atom. The van der Waals surface area contributed by atoms with Gasteiger partial charge in [-0.2, -0.15) is 0 Å². The summed E-state index contributed by atoms with van der Waals surface area (Å²) in [4.78, 5) is 48.5. The Morgan fingerprint density at radius 3 is 2.58 bits per heavy atom. The summed E-state index contributed by atoms with van der Waals surface area (Å²) < 4.78 is 0.798. The quantitative estimate of drug-likeness (QED) is 0.431. The van der Waals surface area contributed by atoms with Gasteiger partial charge >= 0.3 is 0 Å². The van der Waals surface area contributed by atoms with Crippen molar-refractivity contribution in [2.24, 2.45) is 5.92 Å². The molecule has 38 heavy (non-hydrogen) atoms. The Labute approximate surface area is 233 Å². The number of aliphatic hydroxyl groups is 1. The molecule has 0 aliphatic carbocycles. The molecule has 0 radical (unpaired) electrons. The highest BCUT2D eigenvalue weighted by Gasteiger charge is 2.45. The molecule has 2 aromatic carbocycles. The zero-order valence-corrected chi connectivity index (χ0v) is 23.5. The number of hydrogen-bond donors (Lipinski definition) is 2. The number of nitrogens with one attached hydrogen (secondary N) is 1. The second kappa shape index (κ2) is 11.0. The molecule has 0 spiro atoms.